The van der Waals surface area contributed by atoms with E-state index in [1.165, 1.54) is 6.42 Å². The van der Waals surface area contributed by atoms with E-state index in [9.17, 15) is 0 Å². The smallest absolute Gasteiger partial charge is 0.0910 e. The Morgan fingerprint density at radius 3 is 2.33 bits per heavy atom. The monoisotopic (exact) mass is 128 g/mol. The van der Waals surface area contributed by atoms with Gasteiger partial charge in [-0.3, -0.25) is 0 Å². The highest BCUT2D eigenvalue weighted by atomic mass is 16.6. The maximum absolute atomic E-state index is 5.23. The topological polar surface area (TPSA) is 21.8 Å². The standard InChI is InChI=1S/C7H12O2/c1-2-7(4-8-5-7)6-3-9-6/h6H,2-5H2,1H3. The summed E-state index contributed by atoms with van der Waals surface area (Å²) < 4.78 is 10.4. The lowest BCUT2D eigenvalue weighted by Gasteiger charge is -2.39. The van der Waals surface area contributed by atoms with E-state index in [2.05, 4.69) is 6.92 Å². The minimum Gasteiger partial charge on any atom is -0.380 e. The molecule has 2 fully saturated rings. The molecule has 0 aliphatic carbocycles. The van der Waals surface area contributed by atoms with Crippen LogP contribution >= 0.6 is 0 Å². The van der Waals surface area contributed by atoms with Crippen LogP contribution in [0.4, 0.5) is 0 Å². The lowest BCUT2D eigenvalue weighted by Crippen LogP contribution is -2.46. The van der Waals surface area contributed by atoms with Gasteiger partial charge in [-0.1, -0.05) is 6.92 Å². The highest BCUT2D eigenvalue weighted by Gasteiger charge is 2.50. The molecule has 1 unspecified atom stereocenters. The first kappa shape index (κ1) is 5.69. The molecule has 0 saturated carbocycles. The zero-order valence-corrected chi connectivity index (χ0v) is 5.72. The first-order valence-corrected chi connectivity index (χ1v) is 3.57. The van der Waals surface area contributed by atoms with Gasteiger partial charge in [-0.2, -0.15) is 0 Å². The Labute approximate surface area is 55.1 Å². The summed E-state index contributed by atoms with van der Waals surface area (Å²) >= 11 is 0. The van der Waals surface area contributed by atoms with Crippen LogP contribution in [0.25, 0.3) is 0 Å². The lowest BCUT2D eigenvalue weighted by atomic mass is 9.80. The van der Waals surface area contributed by atoms with Gasteiger partial charge in [0.1, 0.15) is 0 Å². The van der Waals surface area contributed by atoms with Crippen LogP contribution in [0.1, 0.15) is 13.3 Å². The van der Waals surface area contributed by atoms with Crippen molar-refractivity contribution in [2.24, 2.45) is 5.41 Å². The van der Waals surface area contributed by atoms with Gasteiger partial charge in [-0.25, -0.2) is 0 Å². The third-order valence-electron chi connectivity index (χ3n) is 2.50. The maximum atomic E-state index is 5.23. The van der Waals surface area contributed by atoms with Crippen molar-refractivity contribution in [1.29, 1.82) is 0 Å². The molecule has 0 spiro atoms. The van der Waals surface area contributed by atoms with Crippen LogP contribution in [0.5, 0.6) is 0 Å². The first-order chi connectivity index (χ1) is 4.37. The molecule has 0 aromatic carbocycles. The molecule has 1 atom stereocenters. The highest BCUT2D eigenvalue weighted by molar-refractivity contribution is 4.97. The van der Waals surface area contributed by atoms with Crippen molar-refractivity contribution in [3.63, 3.8) is 0 Å². The van der Waals surface area contributed by atoms with Gasteiger partial charge < -0.3 is 9.47 Å². The van der Waals surface area contributed by atoms with Crippen molar-refractivity contribution < 1.29 is 9.47 Å². The fourth-order valence-electron chi connectivity index (χ4n) is 1.38. The Hall–Kier alpha value is -0.0800. The molecule has 0 radical (unpaired) electrons. The molecule has 0 amide bonds. The average Bonchev–Trinajstić information content (AvgIpc) is 2.47. The summed E-state index contributed by atoms with van der Waals surface area (Å²) in [5.74, 6) is 0. The minimum atomic E-state index is 0.431. The molecular weight excluding hydrogens is 116 g/mol. The summed E-state index contributed by atoms with van der Waals surface area (Å²) in [7, 11) is 0. The summed E-state index contributed by atoms with van der Waals surface area (Å²) in [6.07, 6.45) is 1.74. The third kappa shape index (κ3) is 0.700. The molecule has 0 aromatic heterocycles. The molecule has 0 bridgehead atoms. The highest BCUT2D eigenvalue weighted by Crippen LogP contribution is 2.42. The molecule has 2 nitrogen and oxygen atoms in total. The molecule has 2 rings (SSSR count). The predicted molar refractivity (Wildman–Crippen MR) is 33.3 cm³/mol. The molecule has 2 saturated heterocycles. The average molecular weight is 128 g/mol. The van der Waals surface area contributed by atoms with Crippen LogP contribution in [-0.2, 0) is 9.47 Å². The van der Waals surface area contributed by atoms with Gasteiger partial charge in [-0.15, -0.1) is 0 Å². The Bertz CT molecular complexity index is 109. The first-order valence-electron chi connectivity index (χ1n) is 3.57. The largest absolute Gasteiger partial charge is 0.380 e. The molecule has 52 valence electrons. The molecule has 2 aliphatic heterocycles. The van der Waals surface area contributed by atoms with E-state index in [1.807, 2.05) is 0 Å². The second-order valence-electron chi connectivity index (χ2n) is 3.03. The van der Waals surface area contributed by atoms with Gasteiger partial charge in [0.15, 0.2) is 0 Å². The van der Waals surface area contributed by atoms with Crippen molar-refractivity contribution in [2.75, 3.05) is 19.8 Å². The molecule has 0 aromatic rings. The molecular formula is C7H12O2. The van der Waals surface area contributed by atoms with Crippen LogP contribution in [0.15, 0.2) is 0 Å². The van der Waals surface area contributed by atoms with Crippen molar-refractivity contribution in [2.45, 2.75) is 19.4 Å². The minimum absolute atomic E-state index is 0.431. The van der Waals surface area contributed by atoms with Gasteiger partial charge >= 0.3 is 0 Å². The van der Waals surface area contributed by atoms with Gasteiger partial charge in [0.25, 0.3) is 0 Å². The Balaban J connectivity index is 1.99. The second-order valence-corrected chi connectivity index (χ2v) is 3.03. The summed E-state index contributed by atoms with van der Waals surface area (Å²) in [5.41, 5.74) is 0.431. The summed E-state index contributed by atoms with van der Waals surface area (Å²) in [6.45, 7) is 5.03. The van der Waals surface area contributed by atoms with E-state index in [0.717, 1.165) is 19.8 Å². The van der Waals surface area contributed by atoms with Crippen LogP contribution in [-0.4, -0.2) is 25.9 Å². The Morgan fingerprint density at radius 2 is 2.22 bits per heavy atom. The molecule has 2 aliphatic rings. The molecule has 0 N–H and O–H groups in total. The predicted octanol–water partition coefficient (Wildman–Crippen LogP) is 0.812. The fourth-order valence-corrected chi connectivity index (χ4v) is 1.38. The maximum Gasteiger partial charge on any atom is 0.0910 e. The second kappa shape index (κ2) is 1.70. The Kier molecular flexibility index (Phi) is 1.08. The van der Waals surface area contributed by atoms with Crippen LogP contribution in [0.2, 0.25) is 0 Å². The van der Waals surface area contributed by atoms with Gasteiger partial charge in [0.05, 0.1) is 25.9 Å². The summed E-state index contributed by atoms with van der Waals surface area (Å²) in [4.78, 5) is 0. The van der Waals surface area contributed by atoms with E-state index in [-0.39, 0.29) is 0 Å². The fraction of sp³-hybridized carbons (Fsp3) is 1.00. The SMILES string of the molecule is CCC1(C2CO2)COC1. The van der Waals surface area contributed by atoms with Crippen molar-refractivity contribution in [3.8, 4) is 0 Å². The number of epoxide rings is 1. The summed E-state index contributed by atoms with van der Waals surface area (Å²) in [6, 6.07) is 0. The van der Waals surface area contributed by atoms with E-state index >= 15 is 0 Å². The van der Waals surface area contributed by atoms with Gasteiger partial charge in [0.2, 0.25) is 0 Å². The quantitative estimate of drug-likeness (QED) is 0.513. The zero-order valence-electron chi connectivity index (χ0n) is 5.72. The third-order valence-corrected chi connectivity index (χ3v) is 2.50. The van der Waals surface area contributed by atoms with Crippen molar-refractivity contribution >= 4 is 0 Å². The van der Waals surface area contributed by atoms with Crippen LogP contribution in [0.3, 0.4) is 0 Å². The van der Waals surface area contributed by atoms with E-state index < -0.39 is 0 Å². The number of hydrogen-bond donors (Lipinski definition) is 0. The van der Waals surface area contributed by atoms with Gasteiger partial charge in [0, 0.05) is 5.41 Å². The van der Waals surface area contributed by atoms with Crippen molar-refractivity contribution in [3.05, 3.63) is 0 Å². The van der Waals surface area contributed by atoms with Crippen LogP contribution in [0, 0.1) is 5.41 Å². The molecule has 2 heterocycles. The number of hydrogen-bond acceptors (Lipinski definition) is 2. The van der Waals surface area contributed by atoms with E-state index in [4.69, 9.17) is 9.47 Å². The van der Waals surface area contributed by atoms with Gasteiger partial charge in [-0.05, 0) is 6.42 Å². The summed E-state index contributed by atoms with van der Waals surface area (Å²) in [5, 5.41) is 0. The lowest BCUT2D eigenvalue weighted by molar-refractivity contribution is -0.127. The normalized spacial score (nSPS) is 37.7. The van der Waals surface area contributed by atoms with E-state index in [1.54, 1.807) is 0 Å². The number of rotatable bonds is 2. The van der Waals surface area contributed by atoms with Crippen LogP contribution < -0.4 is 0 Å². The zero-order chi connectivity index (χ0) is 6.32. The van der Waals surface area contributed by atoms with E-state index in [0.29, 0.717) is 11.5 Å². The molecule has 2 heteroatoms. The molecule has 9 heavy (non-hydrogen) atoms. The number of ether oxygens (including phenoxy) is 2. The Morgan fingerprint density at radius 1 is 1.56 bits per heavy atom. The van der Waals surface area contributed by atoms with Crippen molar-refractivity contribution in [1.82, 2.24) is 0 Å².